The summed E-state index contributed by atoms with van der Waals surface area (Å²) in [4.78, 5) is 4.50. The van der Waals surface area contributed by atoms with Crippen molar-refractivity contribution in [3.63, 3.8) is 0 Å². The first-order valence-corrected chi connectivity index (χ1v) is 7.36. The summed E-state index contributed by atoms with van der Waals surface area (Å²) in [7, 11) is 6.33. The van der Waals surface area contributed by atoms with E-state index in [1.165, 1.54) is 25.3 Å². The van der Waals surface area contributed by atoms with Crippen molar-refractivity contribution in [1.82, 2.24) is 4.90 Å². The monoisotopic (exact) mass is 279 g/mol. The summed E-state index contributed by atoms with van der Waals surface area (Å²) < 4.78 is 14.0. The molecule has 0 bridgehead atoms. The predicted molar refractivity (Wildman–Crippen MR) is 82.7 cm³/mol. The van der Waals surface area contributed by atoms with Gasteiger partial charge < -0.3 is 15.5 Å². The minimum absolute atomic E-state index is 0.146. The zero-order valence-corrected chi connectivity index (χ0v) is 12.8. The van der Waals surface area contributed by atoms with E-state index >= 15 is 0 Å². The Bertz CT molecular complexity index is 455. The van der Waals surface area contributed by atoms with E-state index in [9.17, 15) is 4.39 Å². The second-order valence-electron chi connectivity index (χ2n) is 6.10. The highest BCUT2D eigenvalue weighted by Gasteiger charge is 2.40. The summed E-state index contributed by atoms with van der Waals surface area (Å²) in [6.45, 7) is 1.40. The number of anilines is 1. The lowest BCUT2D eigenvalue weighted by atomic mass is 9.75. The molecule has 1 aromatic rings. The molecule has 0 amide bonds. The minimum atomic E-state index is -0.146. The molecule has 1 saturated carbocycles. The molecule has 4 heteroatoms. The van der Waals surface area contributed by atoms with Crippen molar-refractivity contribution in [1.29, 1.82) is 0 Å². The quantitative estimate of drug-likeness (QED) is 0.867. The van der Waals surface area contributed by atoms with Crippen LogP contribution in [0, 0.1) is 5.82 Å². The summed E-state index contributed by atoms with van der Waals surface area (Å²) in [5.41, 5.74) is 7.57. The number of rotatable bonds is 6. The Hall–Kier alpha value is -1.13. The van der Waals surface area contributed by atoms with Crippen LogP contribution in [0.15, 0.2) is 18.2 Å². The summed E-state index contributed by atoms with van der Waals surface area (Å²) >= 11 is 0. The first-order chi connectivity index (χ1) is 9.50. The molecule has 0 saturated heterocycles. The molecule has 20 heavy (non-hydrogen) atoms. The molecule has 0 aliphatic heterocycles. The number of halogens is 1. The van der Waals surface area contributed by atoms with Crippen LogP contribution in [0.4, 0.5) is 10.1 Å². The first kappa shape index (κ1) is 15.3. The molecule has 1 aromatic carbocycles. The second kappa shape index (κ2) is 6.10. The van der Waals surface area contributed by atoms with Gasteiger partial charge in [0.25, 0.3) is 0 Å². The number of likely N-dealkylation sites (N-methyl/N-ethyl adjacent to an activating group) is 2. The zero-order valence-electron chi connectivity index (χ0n) is 12.8. The van der Waals surface area contributed by atoms with Gasteiger partial charge in [-0.1, -0.05) is 6.07 Å². The van der Waals surface area contributed by atoms with Crippen molar-refractivity contribution in [2.45, 2.75) is 31.2 Å². The van der Waals surface area contributed by atoms with E-state index in [2.05, 4.69) is 30.9 Å². The molecular weight excluding hydrogens is 253 g/mol. The maximum absolute atomic E-state index is 14.0. The molecule has 1 fully saturated rings. The normalized spacial score (nSPS) is 17.1. The van der Waals surface area contributed by atoms with Gasteiger partial charge in [-0.3, -0.25) is 0 Å². The SMILES string of the molecule is CN(CC1(N(C)C)CCC1)c1cccc(F)c1CCN. The van der Waals surface area contributed by atoms with E-state index in [1.807, 2.05) is 6.07 Å². The summed E-state index contributed by atoms with van der Waals surface area (Å²) in [5, 5.41) is 0. The topological polar surface area (TPSA) is 32.5 Å². The Morgan fingerprint density at radius 3 is 2.45 bits per heavy atom. The average molecular weight is 279 g/mol. The molecule has 0 heterocycles. The standard InChI is InChI=1S/C16H26FN3/c1-19(2)16(9-5-10-16)12-20(3)15-7-4-6-14(17)13(15)8-11-18/h4,6-7H,5,8-12,18H2,1-3H3. The molecule has 112 valence electrons. The Balaban J connectivity index is 2.21. The fourth-order valence-corrected chi connectivity index (χ4v) is 3.16. The van der Waals surface area contributed by atoms with Crippen LogP contribution in [0.2, 0.25) is 0 Å². The van der Waals surface area contributed by atoms with Crippen molar-refractivity contribution < 1.29 is 4.39 Å². The summed E-state index contributed by atoms with van der Waals surface area (Å²) in [6, 6.07) is 5.30. The van der Waals surface area contributed by atoms with Gasteiger partial charge in [0, 0.05) is 30.4 Å². The lowest BCUT2D eigenvalue weighted by Crippen LogP contribution is -2.56. The van der Waals surface area contributed by atoms with Gasteiger partial charge in [0.05, 0.1) is 0 Å². The number of hydrogen-bond donors (Lipinski definition) is 1. The Labute approximate surface area is 121 Å². The van der Waals surface area contributed by atoms with Gasteiger partial charge in [-0.15, -0.1) is 0 Å². The molecule has 0 radical (unpaired) electrons. The summed E-state index contributed by atoms with van der Waals surface area (Å²) in [6.07, 6.45) is 4.30. The predicted octanol–water partition coefficient (Wildman–Crippen LogP) is 2.25. The number of hydrogen-bond acceptors (Lipinski definition) is 3. The molecule has 3 nitrogen and oxygen atoms in total. The van der Waals surface area contributed by atoms with Crippen LogP contribution in [0.3, 0.4) is 0 Å². The van der Waals surface area contributed by atoms with E-state index in [0.717, 1.165) is 17.8 Å². The fraction of sp³-hybridized carbons (Fsp3) is 0.625. The van der Waals surface area contributed by atoms with Gasteiger partial charge in [0.15, 0.2) is 0 Å². The molecule has 0 spiro atoms. The molecule has 2 rings (SSSR count). The lowest BCUT2D eigenvalue weighted by Gasteiger charge is -2.49. The smallest absolute Gasteiger partial charge is 0.128 e. The molecular formula is C16H26FN3. The van der Waals surface area contributed by atoms with Gasteiger partial charge in [-0.05, 0) is 58.5 Å². The van der Waals surface area contributed by atoms with E-state index in [0.29, 0.717) is 13.0 Å². The maximum atomic E-state index is 14.0. The Morgan fingerprint density at radius 1 is 1.25 bits per heavy atom. The second-order valence-corrected chi connectivity index (χ2v) is 6.10. The van der Waals surface area contributed by atoms with Crippen molar-refractivity contribution >= 4 is 5.69 Å². The van der Waals surface area contributed by atoms with Crippen molar-refractivity contribution in [2.24, 2.45) is 5.73 Å². The van der Waals surface area contributed by atoms with Gasteiger partial charge in [-0.25, -0.2) is 4.39 Å². The lowest BCUT2D eigenvalue weighted by molar-refractivity contribution is 0.0683. The Morgan fingerprint density at radius 2 is 1.95 bits per heavy atom. The van der Waals surface area contributed by atoms with Crippen LogP contribution < -0.4 is 10.6 Å². The van der Waals surface area contributed by atoms with Gasteiger partial charge in [0.1, 0.15) is 5.82 Å². The van der Waals surface area contributed by atoms with E-state index in [4.69, 9.17) is 5.73 Å². The minimum Gasteiger partial charge on any atom is -0.372 e. The van der Waals surface area contributed by atoms with Crippen molar-refractivity contribution in [3.8, 4) is 0 Å². The Kier molecular flexibility index (Phi) is 4.66. The molecule has 1 aliphatic rings. The zero-order chi connectivity index (χ0) is 14.8. The highest BCUT2D eigenvalue weighted by molar-refractivity contribution is 5.54. The largest absolute Gasteiger partial charge is 0.372 e. The van der Waals surface area contributed by atoms with Crippen LogP contribution >= 0.6 is 0 Å². The highest BCUT2D eigenvalue weighted by Crippen LogP contribution is 2.38. The third-order valence-corrected chi connectivity index (χ3v) is 4.66. The van der Waals surface area contributed by atoms with Crippen LogP contribution in [0.25, 0.3) is 0 Å². The molecule has 0 aromatic heterocycles. The first-order valence-electron chi connectivity index (χ1n) is 7.36. The molecule has 0 atom stereocenters. The molecule has 1 aliphatic carbocycles. The average Bonchev–Trinajstić information content (AvgIpc) is 2.35. The van der Waals surface area contributed by atoms with Crippen molar-refractivity contribution in [3.05, 3.63) is 29.6 Å². The molecule has 0 unspecified atom stereocenters. The number of nitrogens with zero attached hydrogens (tertiary/aromatic N) is 2. The van der Waals surface area contributed by atoms with Gasteiger partial charge in [0.2, 0.25) is 0 Å². The van der Waals surface area contributed by atoms with Crippen LogP contribution in [-0.4, -0.2) is 44.7 Å². The number of benzene rings is 1. The van der Waals surface area contributed by atoms with Gasteiger partial charge in [-0.2, -0.15) is 0 Å². The van der Waals surface area contributed by atoms with E-state index in [1.54, 1.807) is 6.07 Å². The third-order valence-electron chi connectivity index (χ3n) is 4.66. The molecule has 2 N–H and O–H groups in total. The summed E-state index contributed by atoms with van der Waals surface area (Å²) in [5.74, 6) is -0.146. The van der Waals surface area contributed by atoms with Crippen LogP contribution in [0.1, 0.15) is 24.8 Å². The number of nitrogens with two attached hydrogens (primary N) is 1. The maximum Gasteiger partial charge on any atom is 0.128 e. The van der Waals surface area contributed by atoms with Crippen LogP contribution in [-0.2, 0) is 6.42 Å². The highest BCUT2D eigenvalue weighted by atomic mass is 19.1. The third kappa shape index (κ3) is 2.81. The van der Waals surface area contributed by atoms with Crippen molar-refractivity contribution in [2.75, 3.05) is 39.1 Å². The van der Waals surface area contributed by atoms with E-state index in [-0.39, 0.29) is 11.4 Å². The van der Waals surface area contributed by atoms with Gasteiger partial charge >= 0.3 is 0 Å². The van der Waals surface area contributed by atoms with Crippen LogP contribution in [0.5, 0.6) is 0 Å². The fourth-order valence-electron chi connectivity index (χ4n) is 3.16. The van der Waals surface area contributed by atoms with E-state index < -0.39 is 0 Å².